The maximum atomic E-state index is 11.7. The van der Waals surface area contributed by atoms with Crippen molar-refractivity contribution >= 4 is 17.3 Å². The molecule has 1 rings (SSSR count). The summed E-state index contributed by atoms with van der Waals surface area (Å²) in [5.41, 5.74) is 0.372. The van der Waals surface area contributed by atoms with E-state index in [2.05, 4.69) is 5.32 Å². The van der Waals surface area contributed by atoms with E-state index in [0.717, 1.165) is 0 Å². The van der Waals surface area contributed by atoms with Crippen LogP contribution in [0.1, 0.15) is 12.5 Å². The van der Waals surface area contributed by atoms with E-state index < -0.39 is 11.0 Å². The highest BCUT2D eigenvalue weighted by Gasteiger charge is 2.17. The lowest BCUT2D eigenvalue weighted by Gasteiger charge is -2.19. The number of anilines is 1. The maximum absolute atomic E-state index is 11.7. The molecule has 0 fully saturated rings. The molecule has 1 amide bonds. The second-order valence-electron chi connectivity index (χ2n) is 4.20. The zero-order chi connectivity index (χ0) is 14.6. The monoisotopic (exact) mass is 262 g/mol. The maximum Gasteiger partial charge on any atom is 0.270 e. The van der Waals surface area contributed by atoms with Crippen molar-refractivity contribution in [2.75, 3.05) is 19.4 Å². The van der Waals surface area contributed by atoms with Gasteiger partial charge in [-0.2, -0.15) is 5.26 Å². The molecule has 0 saturated carbocycles. The lowest BCUT2D eigenvalue weighted by atomic mass is 10.1. The van der Waals surface area contributed by atoms with Crippen molar-refractivity contribution < 1.29 is 9.72 Å². The van der Waals surface area contributed by atoms with Gasteiger partial charge in [-0.15, -0.1) is 0 Å². The number of benzene rings is 1. The molecular formula is C12H14N4O3. The molecule has 0 aliphatic heterocycles. The molecule has 0 aliphatic rings. The summed E-state index contributed by atoms with van der Waals surface area (Å²) in [6, 6.07) is 5.24. The van der Waals surface area contributed by atoms with Gasteiger partial charge in [-0.1, -0.05) is 0 Å². The summed E-state index contributed by atoms with van der Waals surface area (Å²) in [5, 5.41) is 22.5. The van der Waals surface area contributed by atoms with E-state index in [-0.39, 0.29) is 17.2 Å². The molecule has 0 radical (unpaired) electrons. The first kappa shape index (κ1) is 14.4. The van der Waals surface area contributed by atoms with Gasteiger partial charge in [-0.25, -0.2) is 0 Å². The van der Waals surface area contributed by atoms with Gasteiger partial charge >= 0.3 is 0 Å². The highest BCUT2D eigenvalue weighted by Crippen LogP contribution is 2.22. The zero-order valence-electron chi connectivity index (χ0n) is 10.9. The first-order valence-electron chi connectivity index (χ1n) is 5.53. The third-order valence-corrected chi connectivity index (χ3v) is 2.52. The van der Waals surface area contributed by atoms with Crippen LogP contribution < -0.4 is 5.32 Å². The number of nitro groups is 1. The highest BCUT2D eigenvalue weighted by atomic mass is 16.6. The fourth-order valence-corrected chi connectivity index (χ4v) is 1.55. The van der Waals surface area contributed by atoms with E-state index in [1.807, 2.05) is 6.07 Å². The van der Waals surface area contributed by atoms with Crippen molar-refractivity contribution in [3.05, 3.63) is 33.9 Å². The van der Waals surface area contributed by atoms with Gasteiger partial charge in [-0.05, 0) is 13.0 Å². The second kappa shape index (κ2) is 5.82. The van der Waals surface area contributed by atoms with Crippen LogP contribution in [-0.2, 0) is 4.79 Å². The Balaban J connectivity index is 3.00. The summed E-state index contributed by atoms with van der Waals surface area (Å²) in [5.74, 6) is -0.151. The van der Waals surface area contributed by atoms with Gasteiger partial charge in [-0.3, -0.25) is 14.9 Å². The van der Waals surface area contributed by atoms with Gasteiger partial charge in [0.2, 0.25) is 5.91 Å². The minimum Gasteiger partial charge on any atom is -0.373 e. The van der Waals surface area contributed by atoms with Crippen LogP contribution in [-0.4, -0.2) is 35.9 Å². The molecule has 7 heteroatoms. The van der Waals surface area contributed by atoms with Gasteiger partial charge in [0.05, 0.1) is 16.2 Å². The summed E-state index contributed by atoms with van der Waals surface area (Å²) < 4.78 is 0. The molecular weight excluding hydrogens is 248 g/mol. The number of amides is 1. The fraction of sp³-hybridized carbons (Fsp3) is 0.333. The summed E-state index contributed by atoms with van der Waals surface area (Å²) in [6.45, 7) is 1.66. The number of nitrogens with one attached hydrogen (secondary N) is 1. The van der Waals surface area contributed by atoms with Crippen LogP contribution in [0.15, 0.2) is 18.2 Å². The zero-order valence-corrected chi connectivity index (χ0v) is 10.9. The van der Waals surface area contributed by atoms with Crippen molar-refractivity contribution in [1.29, 1.82) is 5.26 Å². The topological polar surface area (TPSA) is 99.3 Å². The Kier molecular flexibility index (Phi) is 4.42. The Hall–Kier alpha value is -2.62. The van der Waals surface area contributed by atoms with Gasteiger partial charge in [0.15, 0.2) is 0 Å². The summed E-state index contributed by atoms with van der Waals surface area (Å²) in [7, 11) is 3.25. The molecule has 0 saturated heterocycles. The van der Waals surface area contributed by atoms with Gasteiger partial charge in [0.25, 0.3) is 5.69 Å². The number of likely N-dealkylation sites (N-methyl/N-ethyl adjacent to an activating group) is 1. The molecule has 0 heterocycles. The largest absolute Gasteiger partial charge is 0.373 e. The highest BCUT2D eigenvalue weighted by molar-refractivity contribution is 5.84. The van der Waals surface area contributed by atoms with E-state index in [9.17, 15) is 14.9 Å². The number of nitrogens with zero attached hydrogens (tertiary/aromatic N) is 3. The molecule has 0 aliphatic carbocycles. The number of hydrogen-bond acceptors (Lipinski definition) is 5. The Labute approximate surface area is 110 Å². The number of carbonyl (C=O) groups is 1. The normalized spacial score (nSPS) is 11.3. The minimum absolute atomic E-state index is 0.132. The van der Waals surface area contributed by atoms with E-state index in [1.165, 1.54) is 23.1 Å². The number of rotatable bonds is 4. The van der Waals surface area contributed by atoms with Crippen LogP contribution >= 0.6 is 0 Å². The molecule has 7 nitrogen and oxygen atoms in total. The summed E-state index contributed by atoms with van der Waals surface area (Å²) in [6.07, 6.45) is 0. The van der Waals surface area contributed by atoms with E-state index in [4.69, 9.17) is 5.26 Å². The quantitative estimate of drug-likeness (QED) is 0.652. The van der Waals surface area contributed by atoms with Crippen molar-refractivity contribution in [3.8, 4) is 6.07 Å². The van der Waals surface area contributed by atoms with Crippen molar-refractivity contribution in [1.82, 2.24) is 4.90 Å². The molecule has 0 aromatic heterocycles. The van der Waals surface area contributed by atoms with E-state index >= 15 is 0 Å². The molecule has 1 N–H and O–H groups in total. The standard InChI is InChI=1S/C12H14N4O3/c1-8(12(17)15(2)3)14-11-5-4-10(16(18)19)6-9(11)7-13/h4-6,8,14H,1-3H3. The molecule has 1 aromatic rings. The smallest absolute Gasteiger partial charge is 0.270 e. The second-order valence-corrected chi connectivity index (χ2v) is 4.20. The molecule has 19 heavy (non-hydrogen) atoms. The number of nitriles is 1. The van der Waals surface area contributed by atoms with Crippen molar-refractivity contribution in [2.45, 2.75) is 13.0 Å². The third-order valence-electron chi connectivity index (χ3n) is 2.52. The van der Waals surface area contributed by atoms with Crippen molar-refractivity contribution in [3.63, 3.8) is 0 Å². The lowest BCUT2D eigenvalue weighted by molar-refractivity contribution is -0.384. The van der Waals surface area contributed by atoms with Gasteiger partial charge in [0.1, 0.15) is 12.1 Å². The van der Waals surface area contributed by atoms with Crippen molar-refractivity contribution in [2.24, 2.45) is 0 Å². The molecule has 100 valence electrons. The molecule has 0 bridgehead atoms. The summed E-state index contributed by atoms with van der Waals surface area (Å²) >= 11 is 0. The molecule has 0 spiro atoms. The van der Waals surface area contributed by atoms with E-state index in [0.29, 0.717) is 5.69 Å². The van der Waals surface area contributed by atoms with Crippen LogP contribution in [0.25, 0.3) is 0 Å². The summed E-state index contributed by atoms with van der Waals surface area (Å²) in [4.78, 5) is 23.2. The molecule has 1 unspecified atom stereocenters. The average Bonchev–Trinajstić information content (AvgIpc) is 2.37. The first-order chi connectivity index (χ1) is 8.86. The number of hydrogen-bond donors (Lipinski definition) is 1. The predicted octanol–water partition coefficient (Wildman–Crippen LogP) is 1.36. The average molecular weight is 262 g/mol. The Morgan fingerprint density at radius 2 is 2.16 bits per heavy atom. The van der Waals surface area contributed by atoms with Crippen LogP contribution in [0.2, 0.25) is 0 Å². The van der Waals surface area contributed by atoms with Gasteiger partial charge < -0.3 is 10.2 Å². The predicted molar refractivity (Wildman–Crippen MR) is 69.6 cm³/mol. The third kappa shape index (κ3) is 3.42. The SMILES string of the molecule is CC(Nc1ccc([N+](=O)[O-])cc1C#N)C(=O)N(C)C. The Morgan fingerprint density at radius 1 is 1.53 bits per heavy atom. The van der Waals surface area contributed by atoms with Gasteiger partial charge in [0, 0.05) is 26.2 Å². The minimum atomic E-state index is -0.570. The number of carbonyl (C=O) groups excluding carboxylic acids is 1. The Morgan fingerprint density at radius 3 is 2.63 bits per heavy atom. The molecule has 1 aromatic carbocycles. The Bertz CT molecular complexity index is 548. The lowest BCUT2D eigenvalue weighted by Crippen LogP contribution is -2.36. The molecule has 1 atom stereocenters. The number of non-ortho nitro benzene ring substituents is 1. The number of nitro benzene ring substituents is 1. The van der Waals surface area contributed by atoms with Crippen LogP contribution in [0.5, 0.6) is 0 Å². The fourth-order valence-electron chi connectivity index (χ4n) is 1.55. The van der Waals surface area contributed by atoms with Crippen LogP contribution in [0, 0.1) is 21.4 Å². The van der Waals surface area contributed by atoms with Crippen LogP contribution in [0.3, 0.4) is 0 Å². The first-order valence-corrected chi connectivity index (χ1v) is 5.53. The van der Waals surface area contributed by atoms with Crippen LogP contribution in [0.4, 0.5) is 11.4 Å². The van der Waals surface area contributed by atoms with E-state index in [1.54, 1.807) is 21.0 Å².